The van der Waals surface area contributed by atoms with Crippen LogP contribution in [0.25, 0.3) is 0 Å². The fraction of sp³-hybridized carbons (Fsp3) is 0.120. The minimum atomic E-state index is -0.431. The van der Waals surface area contributed by atoms with E-state index >= 15 is 0 Å². The molecule has 0 fully saturated rings. The van der Waals surface area contributed by atoms with Gasteiger partial charge in [0.1, 0.15) is 0 Å². The lowest BCUT2D eigenvalue weighted by molar-refractivity contribution is -0.535. The van der Waals surface area contributed by atoms with Gasteiger partial charge >= 0.3 is 11.9 Å². The molecule has 5 nitrogen and oxygen atoms in total. The maximum Gasteiger partial charge on any atom is 0.344 e. The van der Waals surface area contributed by atoms with Crippen LogP contribution in [-0.2, 0) is 9.47 Å². The van der Waals surface area contributed by atoms with Gasteiger partial charge in [-0.25, -0.2) is 4.79 Å². The van der Waals surface area contributed by atoms with E-state index in [-0.39, 0.29) is 18.6 Å². The van der Waals surface area contributed by atoms with Crippen molar-refractivity contribution < 1.29 is 24.0 Å². The smallest absolute Gasteiger partial charge is 0.344 e. The van der Waals surface area contributed by atoms with Crippen molar-refractivity contribution in [3.05, 3.63) is 120 Å². The summed E-state index contributed by atoms with van der Waals surface area (Å²) in [5, 5.41) is 10.2. The number of ether oxygens (including phenoxy) is 2. The molecule has 5 heteroatoms. The second-order valence-corrected chi connectivity index (χ2v) is 6.87. The van der Waals surface area contributed by atoms with Gasteiger partial charge < -0.3 is 14.6 Å². The zero-order valence-electron chi connectivity index (χ0n) is 16.3. The van der Waals surface area contributed by atoms with Crippen LogP contribution in [0.4, 0.5) is 0 Å². The number of carbonyl (C=O) groups excluding carboxylic acids is 1. The van der Waals surface area contributed by atoms with Crippen LogP contribution < -0.4 is 0 Å². The highest BCUT2D eigenvalue weighted by Gasteiger charge is 2.39. The first kappa shape index (κ1) is 19.5. The maximum atomic E-state index is 12.2. The van der Waals surface area contributed by atoms with Crippen LogP contribution in [0.5, 0.6) is 0 Å². The molecule has 2 atom stereocenters. The zero-order chi connectivity index (χ0) is 20.8. The first-order valence-corrected chi connectivity index (χ1v) is 9.72. The van der Waals surface area contributed by atoms with E-state index in [1.165, 1.54) is 6.20 Å². The zero-order valence-corrected chi connectivity index (χ0v) is 16.3. The van der Waals surface area contributed by atoms with E-state index in [9.17, 15) is 9.90 Å². The Morgan fingerprint density at radius 3 is 2.10 bits per heavy atom. The molecule has 150 valence electrons. The molecule has 0 saturated carbocycles. The Balaban J connectivity index is 1.63. The van der Waals surface area contributed by atoms with Crippen molar-refractivity contribution in [2.24, 2.45) is 0 Å². The van der Waals surface area contributed by atoms with Crippen LogP contribution in [-0.4, -0.2) is 28.5 Å². The Labute approximate surface area is 175 Å². The van der Waals surface area contributed by atoms with Crippen molar-refractivity contribution in [2.45, 2.75) is 12.1 Å². The summed E-state index contributed by atoms with van der Waals surface area (Å²) in [6, 6.07) is 28.2. The normalized spacial score (nSPS) is 19.6. The minimum absolute atomic E-state index is 0.0579. The molecular formula is C25H22NO4+. The summed E-state index contributed by atoms with van der Waals surface area (Å²) in [4.78, 5) is 12.2. The van der Waals surface area contributed by atoms with Gasteiger partial charge in [0.05, 0.1) is 5.56 Å². The van der Waals surface area contributed by atoms with Crippen LogP contribution in [0.1, 0.15) is 33.6 Å². The van der Waals surface area contributed by atoms with Crippen molar-refractivity contribution in [1.82, 2.24) is 0 Å². The predicted octanol–water partition coefficient (Wildman–Crippen LogP) is 4.80. The van der Waals surface area contributed by atoms with E-state index in [1.54, 1.807) is 30.5 Å². The SMILES string of the molecule is O=C(OCC=[N+]1C=C(O)O[C@@H](c2ccccc2)[C@H]1c1ccccc1)c1ccccc1. The number of nitrogens with zero attached hydrogens (tertiary/aromatic N) is 1. The van der Waals surface area contributed by atoms with E-state index in [4.69, 9.17) is 9.47 Å². The molecule has 4 rings (SSSR count). The minimum Gasteiger partial charge on any atom is -0.477 e. The number of aliphatic hydroxyl groups excluding tert-OH is 1. The van der Waals surface area contributed by atoms with Crippen LogP contribution in [0, 0.1) is 0 Å². The van der Waals surface area contributed by atoms with Crippen molar-refractivity contribution in [3.8, 4) is 0 Å². The van der Waals surface area contributed by atoms with Gasteiger partial charge in [-0.05, 0) is 17.7 Å². The van der Waals surface area contributed by atoms with Crippen LogP contribution in [0.15, 0.2) is 103 Å². The summed E-state index contributed by atoms with van der Waals surface area (Å²) in [5.41, 5.74) is 2.44. The monoisotopic (exact) mass is 400 g/mol. The molecule has 3 aromatic carbocycles. The van der Waals surface area contributed by atoms with E-state index in [2.05, 4.69) is 0 Å². The van der Waals surface area contributed by atoms with Crippen LogP contribution in [0.3, 0.4) is 0 Å². The molecule has 1 aliphatic heterocycles. The number of rotatable bonds is 5. The summed E-state index contributed by atoms with van der Waals surface area (Å²) >= 11 is 0. The van der Waals surface area contributed by atoms with Crippen molar-refractivity contribution >= 4 is 12.2 Å². The molecular weight excluding hydrogens is 378 g/mol. The lowest BCUT2D eigenvalue weighted by Gasteiger charge is -2.28. The molecule has 0 aromatic heterocycles. The Kier molecular flexibility index (Phi) is 5.90. The number of aliphatic hydroxyl groups is 1. The lowest BCUT2D eigenvalue weighted by Crippen LogP contribution is -2.30. The summed E-state index contributed by atoms with van der Waals surface area (Å²) in [6.07, 6.45) is 2.82. The molecule has 0 amide bonds. The van der Waals surface area contributed by atoms with Crippen molar-refractivity contribution in [1.29, 1.82) is 0 Å². The average Bonchev–Trinajstić information content (AvgIpc) is 2.80. The largest absolute Gasteiger partial charge is 0.477 e. The van der Waals surface area contributed by atoms with Gasteiger partial charge in [-0.3, -0.25) is 0 Å². The summed E-state index contributed by atoms with van der Waals surface area (Å²) in [7, 11) is 0. The van der Waals surface area contributed by atoms with Crippen LogP contribution in [0.2, 0.25) is 0 Å². The van der Waals surface area contributed by atoms with Gasteiger partial charge in [-0.1, -0.05) is 78.9 Å². The van der Waals surface area contributed by atoms with Crippen molar-refractivity contribution in [3.63, 3.8) is 0 Å². The molecule has 0 saturated heterocycles. The number of carbonyl (C=O) groups is 1. The topological polar surface area (TPSA) is 58.8 Å². The van der Waals surface area contributed by atoms with Gasteiger partial charge in [0, 0.05) is 5.56 Å². The standard InChI is InChI=1S/C25H21NO4/c27-22-18-26(16-17-29-25(28)21-14-8-3-9-15-21)23(19-10-4-1-5-11-19)24(30-22)20-12-6-2-7-13-20/h1-16,18,23-24H,17H2/p+1/t23-,24+/m1/s1. The van der Waals surface area contributed by atoms with Gasteiger partial charge in [0.15, 0.2) is 18.9 Å². The third-order valence-corrected chi connectivity index (χ3v) is 4.89. The summed E-state index contributed by atoms with van der Waals surface area (Å²) in [5.74, 6) is -0.592. The van der Waals surface area contributed by atoms with Gasteiger partial charge in [-0.2, -0.15) is 4.58 Å². The summed E-state index contributed by atoms with van der Waals surface area (Å²) in [6.45, 7) is 0.0579. The molecule has 0 bridgehead atoms. The highest BCUT2D eigenvalue weighted by Crippen LogP contribution is 2.39. The highest BCUT2D eigenvalue weighted by atomic mass is 16.6. The number of hydrogen-bond donors (Lipinski definition) is 1. The molecule has 0 aliphatic carbocycles. The van der Waals surface area contributed by atoms with Crippen molar-refractivity contribution in [2.75, 3.05) is 6.61 Å². The van der Waals surface area contributed by atoms with Crippen LogP contribution >= 0.6 is 0 Å². The van der Waals surface area contributed by atoms with E-state index < -0.39 is 12.1 Å². The molecule has 0 unspecified atom stereocenters. The number of benzene rings is 3. The maximum absolute atomic E-state index is 12.2. The second kappa shape index (κ2) is 9.09. The summed E-state index contributed by atoms with van der Waals surface area (Å²) < 4.78 is 13.1. The van der Waals surface area contributed by atoms with E-state index in [0.717, 1.165) is 11.1 Å². The lowest BCUT2D eigenvalue weighted by atomic mass is 9.94. The Morgan fingerprint density at radius 2 is 1.47 bits per heavy atom. The third-order valence-electron chi connectivity index (χ3n) is 4.89. The van der Waals surface area contributed by atoms with E-state index in [0.29, 0.717) is 5.56 Å². The Hall–Kier alpha value is -3.86. The highest BCUT2D eigenvalue weighted by molar-refractivity contribution is 5.89. The fourth-order valence-corrected chi connectivity index (χ4v) is 3.50. The third kappa shape index (κ3) is 4.41. The van der Waals surface area contributed by atoms with Gasteiger partial charge in [0.2, 0.25) is 6.04 Å². The average molecular weight is 400 g/mol. The first-order chi connectivity index (χ1) is 14.7. The molecule has 1 N–H and O–H groups in total. The molecule has 0 spiro atoms. The molecule has 3 aromatic rings. The van der Waals surface area contributed by atoms with E-state index in [1.807, 2.05) is 71.3 Å². The molecule has 0 radical (unpaired) electrons. The molecule has 1 heterocycles. The van der Waals surface area contributed by atoms with Gasteiger partial charge in [0.25, 0.3) is 6.20 Å². The second-order valence-electron chi connectivity index (χ2n) is 6.87. The Bertz CT molecular complexity index is 1050. The predicted molar refractivity (Wildman–Crippen MR) is 113 cm³/mol. The fourth-order valence-electron chi connectivity index (χ4n) is 3.50. The number of esters is 1. The quantitative estimate of drug-likeness (QED) is 0.494. The molecule has 1 aliphatic rings. The number of hydrogen-bond acceptors (Lipinski definition) is 4. The van der Waals surface area contributed by atoms with Gasteiger partial charge in [-0.15, -0.1) is 0 Å². The first-order valence-electron chi connectivity index (χ1n) is 9.72. The Morgan fingerprint density at radius 1 is 0.900 bits per heavy atom. The molecule has 30 heavy (non-hydrogen) atoms.